The molecule has 2 aromatic rings. The average Bonchev–Trinajstić information content (AvgIpc) is 2.61. The summed E-state index contributed by atoms with van der Waals surface area (Å²) in [6, 6.07) is 14.6. The van der Waals surface area contributed by atoms with Gasteiger partial charge in [0.1, 0.15) is 0 Å². The summed E-state index contributed by atoms with van der Waals surface area (Å²) in [5.41, 5.74) is 2.15. The predicted molar refractivity (Wildman–Crippen MR) is 123 cm³/mol. The van der Waals surface area contributed by atoms with Crippen LogP contribution in [0.5, 0.6) is 0 Å². The quantitative estimate of drug-likeness (QED) is 0.331. The van der Waals surface area contributed by atoms with Crippen LogP contribution in [0.15, 0.2) is 58.4 Å². The maximum Gasteiger partial charge on any atom is 0.191 e. The monoisotopic (exact) mass is 521 g/mol. The molecule has 0 fully saturated rings. The van der Waals surface area contributed by atoms with Crippen LogP contribution in [0, 0.1) is 0 Å². The Morgan fingerprint density at radius 2 is 1.59 bits per heavy atom. The molecule has 0 aromatic heterocycles. The maximum atomic E-state index is 11.5. The van der Waals surface area contributed by atoms with E-state index < -0.39 is 9.84 Å². The number of nitrogens with one attached hydrogen (secondary N) is 2. The summed E-state index contributed by atoms with van der Waals surface area (Å²) in [6.45, 7) is 4.05. The van der Waals surface area contributed by atoms with E-state index in [1.54, 1.807) is 12.1 Å². The zero-order valence-electron chi connectivity index (χ0n) is 15.4. The Labute approximate surface area is 183 Å². The minimum atomic E-state index is -3.15. The molecule has 5 nitrogen and oxygen atoms in total. The first kappa shape index (κ1) is 23.7. The standard InChI is InChI=1S/C19H24ClN3O2S.HI/c1-3-21-19(23-14-16-4-8-17(20)9-5-16)22-13-12-15-6-10-18(11-7-15)26(2,24)25;/h4-11H,3,12-14H2,1-2H3,(H2,21,22,23);1H. The first-order valence-corrected chi connectivity index (χ1v) is 10.7. The predicted octanol–water partition coefficient (Wildman–Crippen LogP) is 3.66. The van der Waals surface area contributed by atoms with Crippen LogP contribution in [0.2, 0.25) is 5.02 Å². The van der Waals surface area contributed by atoms with Crippen LogP contribution >= 0.6 is 35.6 Å². The van der Waals surface area contributed by atoms with Gasteiger partial charge >= 0.3 is 0 Å². The van der Waals surface area contributed by atoms with Gasteiger partial charge in [-0.2, -0.15) is 0 Å². The molecule has 148 valence electrons. The van der Waals surface area contributed by atoms with E-state index in [1.807, 2.05) is 43.3 Å². The van der Waals surface area contributed by atoms with Gasteiger partial charge in [0.15, 0.2) is 15.8 Å². The maximum absolute atomic E-state index is 11.5. The number of sulfone groups is 1. The number of benzene rings is 2. The van der Waals surface area contributed by atoms with Crippen LogP contribution in [-0.4, -0.2) is 33.7 Å². The van der Waals surface area contributed by atoms with Crippen LogP contribution in [0.1, 0.15) is 18.1 Å². The highest BCUT2D eigenvalue weighted by molar-refractivity contribution is 14.0. The van der Waals surface area contributed by atoms with Crippen LogP contribution in [0.3, 0.4) is 0 Å². The molecule has 0 amide bonds. The van der Waals surface area contributed by atoms with Gasteiger partial charge in [-0.1, -0.05) is 35.9 Å². The Morgan fingerprint density at radius 1 is 1.00 bits per heavy atom. The van der Waals surface area contributed by atoms with E-state index in [2.05, 4.69) is 15.6 Å². The van der Waals surface area contributed by atoms with Gasteiger partial charge in [0.25, 0.3) is 0 Å². The van der Waals surface area contributed by atoms with E-state index in [0.717, 1.165) is 30.1 Å². The second-order valence-corrected chi connectivity index (χ2v) is 8.37. The van der Waals surface area contributed by atoms with Crippen LogP contribution < -0.4 is 10.6 Å². The van der Waals surface area contributed by atoms with Crippen molar-refractivity contribution in [1.29, 1.82) is 0 Å². The largest absolute Gasteiger partial charge is 0.357 e. The topological polar surface area (TPSA) is 70.6 Å². The molecule has 0 atom stereocenters. The molecule has 0 aliphatic carbocycles. The van der Waals surface area contributed by atoms with Crippen molar-refractivity contribution in [2.75, 3.05) is 19.3 Å². The summed E-state index contributed by atoms with van der Waals surface area (Å²) in [7, 11) is -3.15. The first-order chi connectivity index (χ1) is 12.4. The van der Waals surface area contributed by atoms with Crippen molar-refractivity contribution in [3.05, 3.63) is 64.7 Å². The third kappa shape index (κ3) is 8.49. The molecule has 8 heteroatoms. The molecular weight excluding hydrogens is 497 g/mol. The number of aliphatic imine (C=N–C) groups is 1. The van der Waals surface area contributed by atoms with Crippen LogP contribution in [0.25, 0.3) is 0 Å². The fourth-order valence-electron chi connectivity index (χ4n) is 2.33. The van der Waals surface area contributed by atoms with Crippen molar-refractivity contribution >= 4 is 51.4 Å². The average molecular weight is 522 g/mol. The normalized spacial score (nSPS) is 11.6. The van der Waals surface area contributed by atoms with Gasteiger partial charge in [-0.05, 0) is 48.7 Å². The lowest BCUT2D eigenvalue weighted by Gasteiger charge is -2.11. The Bertz CT molecular complexity index is 838. The molecule has 2 N–H and O–H groups in total. The van der Waals surface area contributed by atoms with E-state index in [1.165, 1.54) is 6.26 Å². The third-order valence-electron chi connectivity index (χ3n) is 3.73. The Hall–Kier alpha value is -1.32. The minimum absolute atomic E-state index is 0. The van der Waals surface area contributed by atoms with Crippen molar-refractivity contribution in [2.45, 2.75) is 24.8 Å². The van der Waals surface area contributed by atoms with Gasteiger partial charge in [-0.15, -0.1) is 24.0 Å². The molecular formula is C19H25ClIN3O2S. The molecule has 0 spiro atoms. The summed E-state index contributed by atoms with van der Waals surface area (Å²) in [6.07, 6.45) is 1.98. The van der Waals surface area contributed by atoms with Gasteiger partial charge in [0.2, 0.25) is 0 Å². The van der Waals surface area contributed by atoms with E-state index in [-0.39, 0.29) is 24.0 Å². The molecule has 0 radical (unpaired) electrons. The lowest BCUT2D eigenvalue weighted by atomic mass is 10.1. The lowest BCUT2D eigenvalue weighted by molar-refractivity contribution is 0.602. The molecule has 27 heavy (non-hydrogen) atoms. The molecule has 0 aliphatic heterocycles. The van der Waals surface area contributed by atoms with Gasteiger partial charge in [0, 0.05) is 24.4 Å². The first-order valence-electron chi connectivity index (χ1n) is 8.44. The summed E-state index contributed by atoms with van der Waals surface area (Å²) in [5.74, 6) is 0.746. The second-order valence-electron chi connectivity index (χ2n) is 5.91. The van der Waals surface area contributed by atoms with Crippen molar-refractivity contribution in [1.82, 2.24) is 10.6 Å². The Morgan fingerprint density at radius 3 is 2.15 bits per heavy atom. The zero-order valence-corrected chi connectivity index (χ0v) is 19.3. The zero-order chi connectivity index (χ0) is 19.0. The summed E-state index contributed by atoms with van der Waals surface area (Å²) < 4.78 is 23.0. The van der Waals surface area contributed by atoms with E-state index >= 15 is 0 Å². The molecule has 2 aromatic carbocycles. The molecule has 0 aliphatic rings. The fourth-order valence-corrected chi connectivity index (χ4v) is 3.09. The minimum Gasteiger partial charge on any atom is -0.357 e. The molecule has 0 bridgehead atoms. The number of guanidine groups is 1. The van der Waals surface area contributed by atoms with Gasteiger partial charge in [0.05, 0.1) is 11.4 Å². The van der Waals surface area contributed by atoms with Gasteiger partial charge in [-0.3, -0.25) is 0 Å². The molecule has 0 saturated carbocycles. The van der Waals surface area contributed by atoms with Gasteiger partial charge in [-0.25, -0.2) is 13.4 Å². The number of rotatable bonds is 7. The highest BCUT2D eigenvalue weighted by atomic mass is 127. The Balaban J connectivity index is 0.00000364. The fraction of sp³-hybridized carbons (Fsp3) is 0.316. The molecule has 0 saturated heterocycles. The van der Waals surface area contributed by atoms with Crippen molar-refractivity contribution in [2.24, 2.45) is 4.99 Å². The second kappa shape index (κ2) is 11.5. The summed E-state index contributed by atoms with van der Waals surface area (Å²) in [5, 5.41) is 7.22. The smallest absolute Gasteiger partial charge is 0.191 e. The highest BCUT2D eigenvalue weighted by Gasteiger charge is 2.06. The van der Waals surface area contributed by atoms with Crippen molar-refractivity contribution < 1.29 is 8.42 Å². The number of halogens is 2. The lowest BCUT2D eigenvalue weighted by Crippen LogP contribution is -2.38. The van der Waals surface area contributed by atoms with E-state index in [4.69, 9.17) is 11.6 Å². The number of nitrogens with zero attached hydrogens (tertiary/aromatic N) is 1. The molecule has 0 heterocycles. The third-order valence-corrected chi connectivity index (χ3v) is 5.12. The number of hydrogen-bond donors (Lipinski definition) is 2. The molecule has 2 rings (SSSR count). The molecule has 0 unspecified atom stereocenters. The van der Waals surface area contributed by atoms with Gasteiger partial charge < -0.3 is 10.6 Å². The van der Waals surface area contributed by atoms with E-state index in [9.17, 15) is 8.42 Å². The van der Waals surface area contributed by atoms with Crippen LogP contribution in [-0.2, 0) is 22.8 Å². The highest BCUT2D eigenvalue weighted by Crippen LogP contribution is 2.11. The summed E-state index contributed by atoms with van der Waals surface area (Å²) >= 11 is 5.89. The van der Waals surface area contributed by atoms with Crippen molar-refractivity contribution in [3.63, 3.8) is 0 Å². The SMILES string of the molecule is CCNC(=NCc1ccc(Cl)cc1)NCCc1ccc(S(C)(=O)=O)cc1.I. The summed E-state index contributed by atoms with van der Waals surface area (Å²) in [4.78, 5) is 4.90. The van der Waals surface area contributed by atoms with Crippen molar-refractivity contribution in [3.8, 4) is 0 Å². The Kier molecular flexibility index (Phi) is 10.1. The number of hydrogen-bond acceptors (Lipinski definition) is 3. The van der Waals surface area contributed by atoms with E-state index in [0.29, 0.717) is 23.0 Å². The van der Waals surface area contributed by atoms with Crippen LogP contribution in [0.4, 0.5) is 0 Å².